The molecule has 2 N–H and O–H groups in total. The van der Waals surface area contributed by atoms with Crippen molar-refractivity contribution in [2.75, 3.05) is 13.1 Å². The highest BCUT2D eigenvalue weighted by Gasteiger charge is 2.13. The average Bonchev–Trinajstić information content (AvgIpc) is 2.73. The second-order valence-electron chi connectivity index (χ2n) is 3.82. The van der Waals surface area contributed by atoms with E-state index in [9.17, 15) is 8.78 Å². The van der Waals surface area contributed by atoms with Gasteiger partial charge in [-0.2, -0.15) is 0 Å². The summed E-state index contributed by atoms with van der Waals surface area (Å²) in [7, 11) is 0. The van der Waals surface area contributed by atoms with Crippen molar-refractivity contribution < 1.29 is 8.78 Å². The van der Waals surface area contributed by atoms with Gasteiger partial charge in [0.2, 0.25) is 0 Å². The molecule has 4 heteroatoms. The summed E-state index contributed by atoms with van der Waals surface area (Å²) in [6, 6.07) is 4.45. The molecule has 0 aliphatic carbocycles. The molecule has 0 radical (unpaired) electrons. The van der Waals surface area contributed by atoms with Crippen LogP contribution in [0.4, 0.5) is 8.78 Å². The summed E-state index contributed by atoms with van der Waals surface area (Å²) in [6.45, 7) is 2.56. The first-order valence-electron chi connectivity index (χ1n) is 5.14. The molecule has 0 aromatic heterocycles. The largest absolute Gasteiger partial charge is 0.315 e. The molecular formula is C11H14F2N2. The summed E-state index contributed by atoms with van der Waals surface area (Å²) in [5.41, 5.74) is 0.779. The maximum Gasteiger partial charge on any atom is 0.159 e. The highest BCUT2D eigenvalue weighted by Crippen LogP contribution is 2.09. The van der Waals surface area contributed by atoms with Crippen LogP contribution in [0.25, 0.3) is 0 Å². The molecule has 0 amide bonds. The van der Waals surface area contributed by atoms with E-state index < -0.39 is 11.6 Å². The van der Waals surface area contributed by atoms with Gasteiger partial charge in [0.05, 0.1) is 0 Å². The minimum Gasteiger partial charge on any atom is -0.315 e. The summed E-state index contributed by atoms with van der Waals surface area (Å²) in [5, 5.41) is 6.53. The topological polar surface area (TPSA) is 24.1 Å². The Morgan fingerprint density at radius 2 is 2.20 bits per heavy atom. The van der Waals surface area contributed by atoms with E-state index in [0.29, 0.717) is 12.6 Å². The van der Waals surface area contributed by atoms with Crippen molar-refractivity contribution in [1.82, 2.24) is 10.6 Å². The fourth-order valence-electron chi connectivity index (χ4n) is 1.74. The minimum atomic E-state index is -0.790. The van der Waals surface area contributed by atoms with Crippen LogP contribution in [0.2, 0.25) is 0 Å². The second kappa shape index (κ2) is 4.68. The van der Waals surface area contributed by atoms with Crippen molar-refractivity contribution in [2.45, 2.75) is 19.0 Å². The van der Waals surface area contributed by atoms with Crippen LogP contribution in [0.1, 0.15) is 12.0 Å². The van der Waals surface area contributed by atoms with Crippen LogP contribution in [0.3, 0.4) is 0 Å². The molecule has 1 atom stereocenters. The van der Waals surface area contributed by atoms with E-state index in [1.54, 1.807) is 6.07 Å². The summed E-state index contributed by atoms with van der Waals surface area (Å²) < 4.78 is 25.5. The van der Waals surface area contributed by atoms with E-state index in [1.165, 1.54) is 12.1 Å². The van der Waals surface area contributed by atoms with Gasteiger partial charge < -0.3 is 10.6 Å². The Hall–Kier alpha value is -1.00. The molecule has 0 bridgehead atoms. The van der Waals surface area contributed by atoms with Crippen molar-refractivity contribution in [3.63, 3.8) is 0 Å². The van der Waals surface area contributed by atoms with Gasteiger partial charge >= 0.3 is 0 Å². The third-order valence-corrected chi connectivity index (χ3v) is 2.64. The van der Waals surface area contributed by atoms with Gasteiger partial charge in [0.1, 0.15) is 0 Å². The molecule has 0 spiro atoms. The van der Waals surface area contributed by atoms with Gasteiger partial charge in [-0.1, -0.05) is 6.07 Å². The highest BCUT2D eigenvalue weighted by atomic mass is 19.2. The first-order chi connectivity index (χ1) is 7.25. The zero-order chi connectivity index (χ0) is 10.7. The number of hydrogen-bond acceptors (Lipinski definition) is 2. The van der Waals surface area contributed by atoms with E-state index in [4.69, 9.17) is 0 Å². The number of hydrogen-bond donors (Lipinski definition) is 2. The lowest BCUT2D eigenvalue weighted by Crippen LogP contribution is -2.30. The van der Waals surface area contributed by atoms with Crippen molar-refractivity contribution in [2.24, 2.45) is 0 Å². The van der Waals surface area contributed by atoms with Crippen LogP contribution >= 0.6 is 0 Å². The molecule has 0 saturated carbocycles. The molecule has 2 nitrogen and oxygen atoms in total. The van der Waals surface area contributed by atoms with Crippen molar-refractivity contribution in [3.8, 4) is 0 Å². The summed E-state index contributed by atoms with van der Waals surface area (Å²) in [6.07, 6.45) is 1.09. The standard InChI is InChI=1S/C11H14F2N2/c12-10-2-1-8(5-11(10)13)6-15-9-3-4-14-7-9/h1-2,5,9,14-15H,3-4,6-7H2. The minimum absolute atomic E-state index is 0.443. The number of nitrogens with one attached hydrogen (secondary N) is 2. The van der Waals surface area contributed by atoms with Crippen LogP contribution in [0.15, 0.2) is 18.2 Å². The molecule has 1 aliphatic rings. The van der Waals surface area contributed by atoms with Gasteiger partial charge in [-0.3, -0.25) is 0 Å². The lowest BCUT2D eigenvalue weighted by atomic mass is 10.2. The van der Waals surface area contributed by atoms with Crippen LogP contribution in [-0.2, 0) is 6.54 Å². The van der Waals surface area contributed by atoms with Crippen molar-refractivity contribution in [1.29, 1.82) is 0 Å². The SMILES string of the molecule is Fc1ccc(CNC2CCNC2)cc1F. The van der Waals surface area contributed by atoms with E-state index in [-0.39, 0.29) is 0 Å². The van der Waals surface area contributed by atoms with Crippen LogP contribution in [-0.4, -0.2) is 19.1 Å². The monoisotopic (exact) mass is 212 g/mol. The summed E-state index contributed by atoms with van der Waals surface area (Å²) in [5.74, 6) is -1.57. The Kier molecular flexibility index (Phi) is 3.28. The highest BCUT2D eigenvalue weighted by molar-refractivity contribution is 5.17. The Labute approximate surface area is 87.7 Å². The van der Waals surface area contributed by atoms with Crippen LogP contribution in [0, 0.1) is 11.6 Å². The molecule has 1 unspecified atom stereocenters. The second-order valence-corrected chi connectivity index (χ2v) is 3.82. The molecule has 1 heterocycles. The quantitative estimate of drug-likeness (QED) is 0.791. The Balaban J connectivity index is 1.90. The van der Waals surface area contributed by atoms with E-state index in [2.05, 4.69) is 10.6 Å². The number of benzene rings is 1. The first-order valence-corrected chi connectivity index (χ1v) is 5.14. The van der Waals surface area contributed by atoms with Crippen LogP contribution < -0.4 is 10.6 Å². The maximum atomic E-state index is 12.9. The van der Waals surface area contributed by atoms with Gasteiger partial charge in [0.25, 0.3) is 0 Å². The van der Waals surface area contributed by atoms with Gasteiger partial charge in [-0.15, -0.1) is 0 Å². The van der Waals surface area contributed by atoms with E-state index in [0.717, 1.165) is 25.1 Å². The van der Waals surface area contributed by atoms with Gasteiger partial charge in [0, 0.05) is 19.1 Å². The molecule has 1 fully saturated rings. The van der Waals surface area contributed by atoms with E-state index in [1.807, 2.05) is 0 Å². The zero-order valence-corrected chi connectivity index (χ0v) is 8.39. The van der Waals surface area contributed by atoms with Crippen molar-refractivity contribution in [3.05, 3.63) is 35.4 Å². The average molecular weight is 212 g/mol. The first kappa shape index (κ1) is 10.5. The fraction of sp³-hybridized carbons (Fsp3) is 0.455. The third-order valence-electron chi connectivity index (χ3n) is 2.64. The smallest absolute Gasteiger partial charge is 0.159 e. The fourth-order valence-corrected chi connectivity index (χ4v) is 1.74. The lowest BCUT2D eigenvalue weighted by molar-refractivity contribution is 0.502. The number of halogens is 2. The summed E-state index contributed by atoms with van der Waals surface area (Å²) in [4.78, 5) is 0. The van der Waals surface area contributed by atoms with Gasteiger partial charge in [0.15, 0.2) is 11.6 Å². The molecule has 2 rings (SSSR count). The van der Waals surface area contributed by atoms with Crippen LogP contribution in [0.5, 0.6) is 0 Å². The predicted octanol–water partition coefficient (Wildman–Crippen LogP) is 1.42. The normalized spacial score (nSPS) is 20.8. The maximum absolute atomic E-state index is 12.9. The van der Waals surface area contributed by atoms with Gasteiger partial charge in [-0.25, -0.2) is 8.78 Å². The number of rotatable bonds is 3. The molecular weight excluding hydrogens is 198 g/mol. The molecule has 1 saturated heterocycles. The predicted molar refractivity (Wildman–Crippen MR) is 54.5 cm³/mol. The van der Waals surface area contributed by atoms with Crippen molar-refractivity contribution >= 4 is 0 Å². The summed E-state index contributed by atoms with van der Waals surface area (Å²) >= 11 is 0. The Bertz CT molecular complexity index is 335. The zero-order valence-electron chi connectivity index (χ0n) is 8.39. The molecule has 1 aliphatic heterocycles. The Morgan fingerprint density at radius 3 is 2.87 bits per heavy atom. The lowest BCUT2D eigenvalue weighted by Gasteiger charge is -2.10. The Morgan fingerprint density at radius 1 is 1.33 bits per heavy atom. The third kappa shape index (κ3) is 2.73. The van der Waals surface area contributed by atoms with Gasteiger partial charge in [-0.05, 0) is 30.7 Å². The molecule has 15 heavy (non-hydrogen) atoms. The van der Waals surface area contributed by atoms with E-state index >= 15 is 0 Å². The molecule has 82 valence electrons. The molecule has 1 aromatic carbocycles. The molecule has 1 aromatic rings.